The maximum Gasteiger partial charge on any atom is 0.396 e. The number of aliphatic hydroxyl groups excluding tert-OH is 2. The molecule has 1 saturated heterocycles. The van der Waals surface area contributed by atoms with Crippen LogP contribution < -0.4 is 11.2 Å². The molecule has 3 N–H and O–H groups in total. The van der Waals surface area contributed by atoms with E-state index in [0.717, 1.165) is 16.3 Å². The van der Waals surface area contributed by atoms with Crippen LogP contribution in [0.4, 0.5) is 5.82 Å². The monoisotopic (exact) mass is 385 g/mol. The predicted octanol–water partition coefficient (Wildman–Crippen LogP) is -1.03. The number of aliphatic hydroxyl groups is 2. The molecule has 0 aromatic carbocycles. The molecule has 1 fully saturated rings. The van der Waals surface area contributed by atoms with Crippen LogP contribution in [0.3, 0.4) is 0 Å². The standard InChI is InChI=1S/C13H15N5O7S/c1-16-5-14-10(18(23)24)12(16)26-8-3-17(13(22)15-11(8)21)9-2-6(20)7(4-19)25-9/h3,5-7,9,19-20H,2,4H2,1H3,(H,15,21,22)/t6-,7+,9-/m1/s1. The molecule has 0 spiro atoms. The van der Waals surface area contributed by atoms with Gasteiger partial charge in [-0.2, -0.15) is 0 Å². The molecule has 0 amide bonds. The van der Waals surface area contributed by atoms with Crippen molar-refractivity contribution >= 4 is 17.6 Å². The number of aromatic amines is 1. The first-order valence-corrected chi connectivity index (χ1v) is 8.27. The highest BCUT2D eigenvalue weighted by Crippen LogP contribution is 2.33. The number of H-pyrrole nitrogens is 1. The fourth-order valence-electron chi connectivity index (χ4n) is 2.56. The van der Waals surface area contributed by atoms with Gasteiger partial charge < -0.3 is 29.6 Å². The molecule has 3 rings (SSSR count). The topological polar surface area (TPSA) is 166 Å². The second kappa shape index (κ2) is 7.03. The number of hydrogen-bond acceptors (Lipinski definition) is 9. The van der Waals surface area contributed by atoms with Crippen LogP contribution in [0.5, 0.6) is 0 Å². The van der Waals surface area contributed by atoms with E-state index >= 15 is 0 Å². The van der Waals surface area contributed by atoms with E-state index < -0.39 is 47.0 Å². The number of aromatic nitrogens is 4. The van der Waals surface area contributed by atoms with Gasteiger partial charge in [-0.1, -0.05) is 11.8 Å². The van der Waals surface area contributed by atoms with Gasteiger partial charge in [-0.25, -0.2) is 4.79 Å². The second-order valence-electron chi connectivity index (χ2n) is 5.62. The first-order valence-electron chi connectivity index (χ1n) is 7.45. The maximum absolute atomic E-state index is 12.1. The molecule has 2 aromatic heterocycles. The van der Waals surface area contributed by atoms with Crippen molar-refractivity contribution in [3.05, 3.63) is 43.5 Å². The third-order valence-electron chi connectivity index (χ3n) is 3.87. The Kier molecular flexibility index (Phi) is 4.95. The van der Waals surface area contributed by atoms with Crippen molar-refractivity contribution in [1.82, 2.24) is 19.1 Å². The highest BCUT2D eigenvalue weighted by atomic mass is 32.2. The molecular weight excluding hydrogens is 370 g/mol. The van der Waals surface area contributed by atoms with E-state index in [9.17, 15) is 24.8 Å². The summed E-state index contributed by atoms with van der Waals surface area (Å²) in [4.78, 5) is 40.3. The van der Waals surface area contributed by atoms with Gasteiger partial charge in [0.1, 0.15) is 12.3 Å². The number of aryl methyl sites for hydroxylation is 1. The molecule has 1 aliphatic heterocycles. The number of rotatable bonds is 5. The zero-order valence-corrected chi connectivity index (χ0v) is 14.3. The van der Waals surface area contributed by atoms with Crippen molar-refractivity contribution < 1.29 is 19.9 Å². The minimum absolute atomic E-state index is 0.0156. The second-order valence-corrected chi connectivity index (χ2v) is 6.65. The van der Waals surface area contributed by atoms with Crippen molar-refractivity contribution in [1.29, 1.82) is 0 Å². The van der Waals surface area contributed by atoms with E-state index in [4.69, 9.17) is 9.84 Å². The van der Waals surface area contributed by atoms with Gasteiger partial charge in [-0.05, 0) is 9.91 Å². The lowest BCUT2D eigenvalue weighted by Crippen LogP contribution is -2.33. The van der Waals surface area contributed by atoms with Gasteiger partial charge >= 0.3 is 11.5 Å². The highest BCUT2D eigenvalue weighted by Gasteiger charge is 2.35. The Balaban J connectivity index is 1.98. The van der Waals surface area contributed by atoms with Crippen molar-refractivity contribution in [3.8, 4) is 0 Å². The molecule has 3 heterocycles. The first-order chi connectivity index (χ1) is 12.3. The lowest BCUT2D eigenvalue weighted by atomic mass is 10.2. The molecule has 12 nitrogen and oxygen atoms in total. The fraction of sp³-hybridized carbons (Fsp3) is 0.462. The van der Waals surface area contributed by atoms with E-state index in [1.807, 2.05) is 0 Å². The molecular formula is C13H15N5O7S. The molecule has 0 saturated carbocycles. The Morgan fingerprint density at radius 3 is 2.88 bits per heavy atom. The number of nitrogens with zero attached hydrogens (tertiary/aromatic N) is 4. The lowest BCUT2D eigenvalue weighted by molar-refractivity contribution is -0.392. The molecule has 140 valence electrons. The van der Waals surface area contributed by atoms with Crippen LogP contribution in [-0.4, -0.2) is 53.1 Å². The van der Waals surface area contributed by atoms with Gasteiger partial charge in [0.15, 0.2) is 5.03 Å². The van der Waals surface area contributed by atoms with Crippen LogP contribution in [0, 0.1) is 10.1 Å². The van der Waals surface area contributed by atoms with E-state index in [2.05, 4.69) is 9.97 Å². The van der Waals surface area contributed by atoms with Crippen LogP contribution in [-0.2, 0) is 11.8 Å². The van der Waals surface area contributed by atoms with Crippen LogP contribution in [0.25, 0.3) is 0 Å². The molecule has 3 atom stereocenters. The zero-order chi connectivity index (χ0) is 19.0. The Labute approximate surface area is 149 Å². The number of ether oxygens (including phenoxy) is 1. The Morgan fingerprint density at radius 2 is 2.27 bits per heavy atom. The number of imidazole rings is 1. The maximum atomic E-state index is 12.1. The van der Waals surface area contributed by atoms with Gasteiger partial charge in [0, 0.05) is 19.7 Å². The summed E-state index contributed by atoms with van der Waals surface area (Å²) in [7, 11) is 1.54. The lowest BCUT2D eigenvalue weighted by Gasteiger charge is -2.15. The molecule has 26 heavy (non-hydrogen) atoms. The van der Waals surface area contributed by atoms with Crippen molar-refractivity contribution in [2.45, 2.75) is 34.8 Å². The van der Waals surface area contributed by atoms with Gasteiger partial charge in [0.25, 0.3) is 5.56 Å². The normalized spacial score (nSPS) is 22.7. The van der Waals surface area contributed by atoms with Crippen LogP contribution in [0.15, 0.2) is 32.0 Å². The van der Waals surface area contributed by atoms with Gasteiger partial charge in [-0.15, -0.1) is 0 Å². The Morgan fingerprint density at radius 1 is 1.54 bits per heavy atom. The minimum atomic E-state index is -0.960. The summed E-state index contributed by atoms with van der Waals surface area (Å²) in [6.45, 7) is -0.418. The molecule has 1 aliphatic rings. The summed E-state index contributed by atoms with van der Waals surface area (Å²) < 4.78 is 7.87. The molecule has 0 bridgehead atoms. The molecule has 0 aliphatic carbocycles. The SMILES string of the molecule is Cn1cnc([N+](=O)[O-])c1Sc1cn([C@H]2C[C@@H](O)[C@H](CO)O2)c(=O)[nH]c1=O. The van der Waals surface area contributed by atoms with Crippen molar-refractivity contribution in [2.24, 2.45) is 7.05 Å². The van der Waals surface area contributed by atoms with Gasteiger partial charge in [0.05, 0.1) is 17.6 Å². The van der Waals surface area contributed by atoms with E-state index in [1.165, 1.54) is 24.1 Å². The summed E-state index contributed by atoms with van der Waals surface area (Å²) in [6, 6.07) is 0. The Bertz CT molecular complexity index is 951. The number of nitrogens with one attached hydrogen (secondary N) is 1. The molecule has 0 radical (unpaired) electrons. The van der Waals surface area contributed by atoms with Crippen molar-refractivity contribution in [3.63, 3.8) is 0 Å². The van der Waals surface area contributed by atoms with Gasteiger partial charge in [-0.3, -0.25) is 14.3 Å². The van der Waals surface area contributed by atoms with Crippen LogP contribution >= 0.6 is 11.8 Å². The summed E-state index contributed by atoms with van der Waals surface area (Å²) in [5, 5.41) is 30.1. The summed E-state index contributed by atoms with van der Waals surface area (Å²) in [5.41, 5.74) is -1.47. The molecule has 2 aromatic rings. The average Bonchev–Trinajstić information content (AvgIpc) is 3.13. The largest absolute Gasteiger partial charge is 0.396 e. The van der Waals surface area contributed by atoms with E-state index in [-0.39, 0.29) is 16.3 Å². The third kappa shape index (κ3) is 3.29. The summed E-state index contributed by atoms with van der Waals surface area (Å²) in [5.74, 6) is -0.414. The number of nitro groups is 1. The smallest absolute Gasteiger partial charge is 0.394 e. The zero-order valence-electron chi connectivity index (χ0n) is 13.4. The highest BCUT2D eigenvalue weighted by molar-refractivity contribution is 7.99. The van der Waals surface area contributed by atoms with E-state index in [1.54, 1.807) is 0 Å². The third-order valence-corrected chi connectivity index (χ3v) is 5.05. The van der Waals surface area contributed by atoms with Gasteiger partial charge in [0.2, 0.25) is 6.33 Å². The summed E-state index contributed by atoms with van der Waals surface area (Å²) >= 11 is 0.779. The average molecular weight is 385 g/mol. The van der Waals surface area contributed by atoms with Crippen molar-refractivity contribution in [2.75, 3.05) is 6.61 Å². The summed E-state index contributed by atoms with van der Waals surface area (Å²) in [6.07, 6.45) is -0.182. The van der Waals surface area contributed by atoms with Crippen LogP contribution in [0.2, 0.25) is 0 Å². The Hall–Kier alpha value is -2.48. The molecule has 0 unspecified atom stereocenters. The first kappa shape index (κ1) is 18.3. The van der Waals surface area contributed by atoms with Crippen LogP contribution in [0.1, 0.15) is 12.6 Å². The molecule has 13 heteroatoms. The fourth-order valence-corrected chi connectivity index (χ4v) is 3.49. The predicted molar refractivity (Wildman–Crippen MR) is 86.9 cm³/mol. The number of hydrogen-bond donors (Lipinski definition) is 3. The minimum Gasteiger partial charge on any atom is -0.394 e. The quantitative estimate of drug-likeness (QED) is 0.431. The van der Waals surface area contributed by atoms with E-state index in [0.29, 0.717) is 0 Å².